The molecule has 0 aromatic carbocycles. The molecule has 1 heterocycles. The maximum absolute atomic E-state index is 3.09. The lowest BCUT2D eigenvalue weighted by molar-refractivity contribution is 0.920. The van der Waals surface area contributed by atoms with Crippen LogP contribution in [0.5, 0.6) is 0 Å². The van der Waals surface area contributed by atoms with Gasteiger partial charge in [-0.3, -0.25) is 0 Å². The summed E-state index contributed by atoms with van der Waals surface area (Å²) in [6.45, 7) is 3.09. The van der Waals surface area contributed by atoms with Crippen LogP contribution in [0.25, 0.3) is 5.57 Å². The maximum Gasteiger partial charge on any atom is 0.0296 e. The van der Waals surface area contributed by atoms with Crippen molar-refractivity contribution in [2.24, 2.45) is 0 Å². The Balaban J connectivity index is 2.62. The fraction of sp³-hybridized carbons (Fsp3) is 0.333. The molecule has 1 rings (SSSR count). The SMILES string of the molecule is CNC/C=C(\C)c1cccs1. The Morgan fingerprint density at radius 3 is 3.09 bits per heavy atom. The number of likely N-dealkylation sites (N-methyl/N-ethyl adjacent to an activating group) is 1. The van der Waals surface area contributed by atoms with Crippen LogP contribution in [0.1, 0.15) is 11.8 Å². The summed E-state index contributed by atoms with van der Waals surface area (Å²) in [5, 5.41) is 5.19. The van der Waals surface area contributed by atoms with Gasteiger partial charge in [-0.2, -0.15) is 0 Å². The fourth-order valence-electron chi connectivity index (χ4n) is 0.859. The highest BCUT2D eigenvalue weighted by molar-refractivity contribution is 7.11. The predicted molar refractivity (Wildman–Crippen MR) is 51.9 cm³/mol. The van der Waals surface area contributed by atoms with E-state index in [4.69, 9.17) is 0 Å². The average molecular weight is 167 g/mol. The molecule has 1 nitrogen and oxygen atoms in total. The Morgan fingerprint density at radius 2 is 2.55 bits per heavy atom. The van der Waals surface area contributed by atoms with Crippen molar-refractivity contribution >= 4 is 16.9 Å². The zero-order valence-electron chi connectivity index (χ0n) is 6.92. The van der Waals surface area contributed by atoms with Gasteiger partial charge in [0.1, 0.15) is 0 Å². The highest BCUT2D eigenvalue weighted by atomic mass is 32.1. The molecule has 0 unspecified atom stereocenters. The van der Waals surface area contributed by atoms with Gasteiger partial charge < -0.3 is 5.32 Å². The van der Waals surface area contributed by atoms with Gasteiger partial charge in [0.2, 0.25) is 0 Å². The maximum atomic E-state index is 3.09. The summed E-state index contributed by atoms with van der Waals surface area (Å²) in [6, 6.07) is 4.23. The molecule has 0 amide bonds. The van der Waals surface area contributed by atoms with Crippen LogP contribution in [0.3, 0.4) is 0 Å². The first-order valence-electron chi connectivity index (χ1n) is 3.70. The van der Waals surface area contributed by atoms with E-state index in [0.29, 0.717) is 0 Å². The predicted octanol–water partition coefficient (Wildman–Crippen LogP) is 2.37. The zero-order valence-corrected chi connectivity index (χ0v) is 7.74. The number of rotatable bonds is 3. The van der Waals surface area contributed by atoms with Gasteiger partial charge in [0, 0.05) is 11.4 Å². The molecule has 1 aromatic rings. The molecule has 11 heavy (non-hydrogen) atoms. The lowest BCUT2D eigenvalue weighted by atomic mass is 10.2. The third-order valence-electron chi connectivity index (χ3n) is 1.52. The van der Waals surface area contributed by atoms with Crippen molar-refractivity contribution in [2.45, 2.75) is 6.92 Å². The van der Waals surface area contributed by atoms with E-state index in [9.17, 15) is 0 Å². The van der Waals surface area contributed by atoms with Crippen LogP contribution in [0, 0.1) is 0 Å². The van der Waals surface area contributed by atoms with Crippen LogP contribution in [-0.2, 0) is 0 Å². The summed E-state index contributed by atoms with van der Waals surface area (Å²) < 4.78 is 0. The minimum Gasteiger partial charge on any atom is -0.316 e. The quantitative estimate of drug-likeness (QED) is 0.728. The van der Waals surface area contributed by atoms with Crippen molar-refractivity contribution in [3.05, 3.63) is 28.5 Å². The van der Waals surface area contributed by atoms with Crippen LogP contribution in [-0.4, -0.2) is 13.6 Å². The molecule has 1 aromatic heterocycles. The first-order valence-corrected chi connectivity index (χ1v) is 4.58. The van der Waals surface area contributed by atoms with E-state index in [1.54, 1.807) is 11.3 Å². The standard InChI is InChI=1S/C9H13NS/c1-8(5-6-10-2)9-4-3-7-11-9/h3-5,7,10H,6H2,1-2H3/b8-5+. The molecule has 0 bridgehead atoms. The van der Waals surface area contributed by atoms with Gasteiger partial charge in [0.25, 0.3) is 0 Å². The molecule has 0 aliphatic heterocycles. The minimum atomic E-state index is 0.948. The van der Waals surface area contributed by atoms with Crippen molar-refractivity contribution in [3.63, 3.8) is 0 Å². The van der Waals surface area contributed by atoms with Gasteiger partial charge >= 0.3 is 0 Å². The van der Waals surface area contributed by atoms with Gasteiger partial charge in [0.15, 0.2) is 0 Å². The number of thiophene rings is 1. The second-order valence-corrected chi connectivity index (χ2v) is 3.37. The van der Waals surface area contributed by atoms with Gasteiger partial charge in [-0.15, -0.1) is 11.3 Å². The molecule has 0 saturated heterocycles. The monoisotopic (exact) mass is 167 g/mol. The first kappa shape index (κ1) is 8.50. The van der Waals surface area contributed by atoms with Crippen LogP contribution in [0.4, 0.5) is 0 Å². The van der Waals surface area contributed by atoms with E-state index >= 15 is 0 Å². The normalized spacial score (nSPS) is 12.0. The lowest BCUT2D eigenvalue weighted by Crippen LogP contribution is -2.04. The molecular formula is C9H13NS. The third-order valence-corrected chi connectivity index (χ3v) is 2.53. The van der Waals surface area contributed by atoms with Crippen molar-refractivity contribution in [2.75, 3.05) is 13.6 Å². The van der Waals surface area contributed by atoms with E-state index < -0.39 is 0 Å². The average Bonchev–Trinajstić information content (AvgIpc) is 2.52. The molecule has 2 heteroatoms. The Labute approximate surface area is 71.8 Å². The second kappa shape index (κ2) is 4.31. The highest BCUT2D eigenvalue weighted by Gasteiger charge is 1.93. The summed E-state index contributed by atoms with van der Waals surface area (Å²) in [5.41, 5.74) is 1.36. The molecule has 0 radical (unpaired) electrons. The van der Waals surface area contributed by atoms with Crippen molar-refractivity contribution in [1.29, 1.82) is 0 Å². The van der Waals surface area contributed by atoms with Gasteiger partial charge in [-0.25, -0.2) is 0 Å². The van der Waals surface area contributed by atoms with Gasteiger partial charge in [-0.1, -0.05) is 12.1 Å². The van der Waals surface area contributed by atoms with Gasteiger partial charge in [0.05, 0.1) is 0 Å². The van der Waals surface area contributed by atoms with Gasteiger partial charge in [-0.05, 0) is 31.0 Å². The van der Waals surface area contributed by atoms with Crippen LogP contribution < -0.4 is 5.32 Å². The van der Waals surface area contributed by atoms with E-state index in [-0.39, 0.29) is 0 Å². The lowest BCUT2D eigenvalue weighted by Gasteiger charge is -1.95. The van der Waals surface area contributed by atoms with E-state index in [0.717, 1.165) is 6.54 Å². The number of hydrogen-bond donors (Lipinski definition) is 1. The molecule has 0 spiro atoms. The number of allylic oxidation sites excluding steroid dienone is 1. The number of hydrogen-bond acceptors (Lipinski definition) is 2. The largest absolute Gasteiger partial charge is 0.316 e. The molecule has 60 valence electrons. The zero-order chi connectivity index (χ0) is 8.10. The fourth-order valence-corrected chi connectivity index (χ4v) is 1.59. The first-order chi connectivity index (χ1) is 5.34. The third kappa shape index (κ3) is 2.48. The van der Waals surface area contributed by atoms with Crippen LogP contribution in [0.15, 0.2) is 23.6 Å². The Kier molecular flexibility index (Phi) is 3.33. The summed E-state index contributed by atoms with van der Waals surface area (Å²) >= 11 is 1.79. The summed E-state index contributed by atoms with van der Waals surface area (Å²) in [7, 11) is 1.96. The second-order valence-electron chi connectivity index (χ2n) is 2.42. The molecular weight excluding hydrogens is 154 g/mol. The topological polar surface area (TPSA) is 12.0 Å². The molecule has 0 atom stereocenters. The molecule has 0 saturated carbocycles. The van der Waals surface area contributed by atoms with Crippen molar-refractivity contribution in [3.8, 4) is 0 Å². The van der Waals surface area contributed by atoms with E-state index in [1.807, 2.05) is 7.05 Å². The Morgan fingerprint density at radius 1 is 1.73 bits per heavy atom. The van der Waals surface area contributed by atoms with E-state index in [2.05, 4.69) is 35.8 Å². The van der Waals surface area contributed by atoms with Crippen molar-refractivity contribution < 1.29 is 0 Å². The highest BCUT2D eigenvalue weighted by Crippen LogP contribution is 2.18. The summed E-state index contributed by atoms with van der Waals surface area (Å²) in [5.74, 6) is 0. The summed E-state index contributed by atoms with van der Waals surface area (Å²) in [6.07, 6.45) is 2.20. The van der Waals surface area contributed by atoms with Crippen LogP contribution >= 0.6 is 11.3 Å². The molecule has 0 aliphatic carbocycles. The van der Waals surface area contributed by atoms with Crippen LogP contribution in [0.2, 0.25) is 0 Å². The Bertz CT molecular complexity index is 224. The molecule has 1 N–H and O–H groups in total. The minimum absolute atomic E-state index is 0.948. The van der Waals surface area contributed by atoms with E-state index in [1.165, 1.54) is 10.5 Å². The number of nitrogens with one attached hydrogen (secondary N) is 1. The Hall–Kier alpha value is -0.600. The smallest absolute Gasteiger partial charge is 0.0296 e. The van der Waals surface area contributed by atoms with Crippen molar-refractivity contribution in [1.82, 2.24) is 5.32 Å². The molecule has 0 aliphatic rings. The molecule has 0 fully saturated rings. The summed E-state index contributed by atoms with van der Waals surface area (Å²) in [4.78, 5) is 1.36.